The third-order valence-electron chi connectivity index (χ3n) is 6.35. The molecular weight excluding hydrogens is 538 g/mol. The molecule has 11 nitrogen and oxygen atoms in total. The van der Waals surface area contributed by atoms with Gasteiger partial charge in [0.1, 0.15) is 5.75 Å². The number of methoxy groups -OCH3 is 1. The van der Waals surface area contributed by atoms with E-state index in [9.17, 15) is 14.7 Å². The third kappa shape index (κ3) is 5.41. The number of tetrazole rings is 1. The van der Waals surface area contributed by atoms with Crippen LogP contribution in [0.1, 0.15) is 52.8 Å². The number of aromatic amines is 1. The number of carbonyl (C=O) groups is 2. The number of fused-ring (bicyclic) bond motifs is 1. The Kier molecular flexibility index (Phi) is 7.56. The topological polar surface area (TPSA) is 140 Å². The summed E-state index contributed by atoms with van der Waals surface area (Å²) < 4.78 is 17.6. The van der Waals surface area contributed by atoms with Gasteiger partial charge in [-0.25, -0.2) is 4.79 Å². The third-order valence-corrected chi connectivity index (χ3v) is 6.60. The van der Waals surface area contributed by atoms with Crippen LogP contribution in [0.4, 0.5) is 5.69 Å². The molecule has 3 aromatic carbocycles. The van der Waals surface area contributed by atoms with Gasteiger partial charge in [0.15, 0.2) is 18.1 Å². The standard InChI is InChI=1S/C28H26ClN5O6/c1-15(2)40-24-13-20-18(11-23(24)38-3)12-26(35)34(27(20)16-4-7-19(29)8-5-16)21-9-6-17(28(36)37)10-22(21)39-14-25-30-32-33-31-25/h4-11,13,15,27H,12,14H2,1-3H3,(H,36,37)(H,30,31,32,33). The van der Waals surface area contributed by atoms with Crippen molar-refractivity contribution in [2.45, 2.75) is 39.0 Å². The lowest BCUT2D eigenvalue weighted by Gasteiger charge is -2.38. The first-order valence-corrected chi connectivity index (χ1v) is 12.8. The van der Waals surface area contributed by atoms with Crippen LogP contribution < -0.4 is 19.1 Å². The molecule has 0 bridgehead atoms. The van der Waals surface area contributed by atoms with E-state index >= 15 is 0 Å². The number of rotatable bonds is 9. The highest BCUT2D eigenvalue weighted by molar-refractivity contribution is 6.30. The van der Waals surface area contributed by atoms with Crippen LogP contribution >= 0.6 is 11.6 Å². The van der Waals surface area contributed by atoms with Crippen LogP contribution in [0.2, 0.25) is 5.02 Å². The Hall–Kier alpha value is -4.64. The van der Waals surface area contributed by atoms with Gasteiger partial charge in [0.25, 0.3) is 0 Å². The number of nitrogens with one attached hydrogen (secondary N) is 1. The summed E-state index contributed by atoms with van der Waals surface area (Å²) in [6.45, 7) is 3.74. The molecule has 1 aromatic heterocycles. The SMILES string of the molecule is COc1cc2c(cc1OC(C)C)C(c1ccc(Cl)cc1)N(c1ccc(C(=O)O)cc1OCc1nn[nH]n1)C(=O)C2. The number of H-pyrrole nitrogens is 1. The normalized spacial score (nSPS) is 14.7. The largest absolute Gasteiger partial charge is 0.493 e. The average molecular weight is 564 g/mol. The van der Waals surface area contributed by atoms with Crippen molar-refractivity contribution in [3.05, 3.63) is 87.7 Å². The van der Waals surface area contributed by atoms with Crippen LogP contribution in [-0.4, -0.2) is 50.8 Å². The minimum Gasteiger partial charge on any atom is -0.493 e. The molecule has 2 heterocycles. The number of ether oxygens (including phenoxy) is 3. The van der Waals surface area contributed by atoms with Gasteiger partial charge < -0.3 is 19.3 Å². The Morgan fingerprint density at radius 1 is 1.12 bits per heavy atom. The summed E-state index contributed by atoms with van der Waals surface area (Å²) >= 11 is 6.21. The maximum atomic E-state index is 13.9. The zero-order valence-electron chi connectivity index (χ0n) is 21.9. The van der Waals surface area contributed by atoms with Gasteiger partial charge in [-0.15, -0.1) is 10.2 Å². The van der Waals surface area contributed by atoms with Gasteiger partial charge in [0, 0.05) is 5.02 Å². The van der Waals surface area contributed by atoms with Crippen molar-refractivity contribution < 1.29 is 28.9 Å². The zero-order valence-corrected chi connectivity index (χ0v) is 22.7. The number of halogens is 1. The van der Waals surface area contributed by atoms with E-state index in [2.05, 4.69) is 20.6 Å². The summed E-state index contributed by atoms with van der Waals surface area (Å²) in [7, 11) is 1.56. The van der Waals surface area contributed by atoms with Crippen molar-refractivity contribution in [2.75, 3.05) is 12.0 Å². The number of aromatic carboxylic acids is 1. The smallest absolute Gasteiger partial charge is 0.335 e. The Morgan fingerprint density at radius 3 is 2.55 bits per heavy atom. The molecule has 0 spiro atoms. The first-order chi connectivity index (χ1) is 19.2. The second-order valence-corrected chi connectivity index (χ2v) is 9.80. The second-order valence-electron chi connectivity index (χ2n) is 9.37. The number of nitrogens with zero attached hydrogens (tertiary/aromatic N) is 4. The molecule has 40 heavy (non-hydrogen) atoms. The minimum absolute atomic E-state index is 0.00267. The van der Waals surface area contributed by atoms with Gasteiger partial charge in [0.05, 0.1) is 36.9 Å². The number of benzene rings is 3. The fourth-order valence-electron chi connectivity index (χ4n) is 4.66. The van der Waals surface area contributed by atoms with E-state index in [0.717, 1.165) is 16.7 Å². The summed E-state index contributed by atoms with van der Waals surface area (Å²) in [4.78, 5) is 27.3. The first kappa shape index (κ1) is 26.9. The summed E-state index contributed by atoms with van der Waals surface area (Å²) in [5.41, 5.74) is 2.77. The Labute approximate surface area is 234 Å². The second kappa shape index (κ2) is 11.2. The molecule has 1 atom stereocenters. The summed E-state index contributed by atoms with van der Waals surface area (Å²) in [5.74, 6) is 0.145. The van der Waals surface area contributed by atoms with Gasteiger partial charge in [-0.1, -0.05) is 28.9 Å². The monoisotopic (exact) mass is 563 g/mol. The quantitative estimate of drug-likeness (QED) is 0.299. The maximum absolute atomic E-state index is 13.9. The molecule has 1 amide bonds. The lowest BCUT2D eigenvalue weighted by molar-refractivity contribution is -0.118. The van der Waals surface area contributed by atoms with E-state index in [0.29, 0.717) is 22.2 Å². The Bertz CT molecular complexity index is 1540. The Morgan fingerprint density at radius 2 is 1.90 bits per heavy atom. The van der Waals surface area contributed by atoms with Crippen LogP contribution in [0, 0.1) is 0 Å². The van der Waals surface area contributed by atoms with Crippen molar-refractivity contribution in [3.63, 3.8) is 0 Å². The molecular formula is C28H26ClN5O6. The minimum atomic E-state index is -1.14. The van der Waals surface area contributed by atoms with Gasteiger partial charge in [0.2, 0.25) is 11.7 Å². The van der Waals surface area contributed by atoms with E-state index in [4.69, 9.17) is 25.8 Å². The number of hydrogen-bond donors (Lipinski definition) is 2. The van der Waals surface area contributed by atoms with Gasteiger partial charge in [-0.05, 0) is 73.0 Å². The van der Waals surface area contributed by atoms with Crippen LogP contribution in [-0.2, 0) is 17.8 Å². The number of amides is 1. The average Bonchev–Trinajstić information content (AvgIpc) is 3.45. The fraction of sp³-hybridized carbons (Fsp3) is 0.250. The number of carboxylic acids is 1. The molecule has 0 saturated heterocycles. The van der Waals surface area contributed by atoms with Gasteiger partial charge >= 0.3 is 5.97 Å². The van der Waals surface area contributed by atoms with Crippen molar-refractivity contribution >= 4 is 29.2 Å². The molecule has 5 rings (SSSR count). The highest BCUT2D eigenvalue weighted by atomic mass is 35.5. The molecule has 0 saturated carbocycles. The number of carboxylic acid groups (broad SMARTS) is 1. The molecule has 0 aliphatic carbocycles. The van der Waals surface area contributed by atoms with E-state index in [-0.39, 0.29) is 42.2 Å². The number of hydrogen-bond acceptors (Lipinski definition) is 8. The highest BCUT2D eigenvalue weighted by Gasteiger charge is 2.37. The molecule has 206 valence electrons. The van der Waals surface area contributed by atoms with Crippen LogP contribution in [0.3, 0.4) is 0 Å². The van der Waals surface area contributed by atoms with Crippen molar-refractivity contribution in [2.24, 2.45) is 0 Å². The number of carbonyl (C=O) groups excluding carboxylic acids is 1. The highest BCUT2D eigenvalue weighted by Crippen LogP contribution is 2.46. The Balaban J connectivity index is 1.68. The summed E-state index contributed by atoms with van der Waals surface area (Å²) in [5, 5.41) is 23.8. The fourth-order valence-corrected chi connectivity index (χ4v) is 4.78. The number of anilines is 1. The van der Waals surface area contributed by atoms with Crippen molar-refractivity contribution in [1.82, 2.24) is 20.6 Å². The van der Waals surface area contributed by atoms with Crippen LogP contribution in [0.25, 0.3) is 0 Å². The van der Waals surface area contributed by atoms with Gasteiger partial charge in [-0.3, -0.25) is 9.69 Å². The van der Waals surface area contributed by atoms with Crippen molar-refractivity contribution in [3.8, 4) is 17.2 Å². The number of aromatic nitrogens is 4. The van der Waals surface area contributed by atoms with Crippen molar-refractivity contribution in [1.29, 1.82) is 0 Å². The summed E-state index contributed by atoms with van der Waals surface area (Å²) in [6.07, 6.45) is -0.0427. The molecule has 2 N–H and O–H groups in total. The van der Waals surface area contributed by atoms with E-state index < -0.39 is 12.0 Å². The van der Waals surface area contributed by atoms with E-state index in [1.165, 1.54) is 12.1 Å². The van der Waals surface area contributed by atoms with E-state index in [1.807, 2.05) is 38.1 Å². The molecule has 1 aliphatic heterocycles. The van der Waals surface area contributed by atoms with E-state index in [1.54, 1.807) is 30.2 Å². The van der Waals surface area contributed by atoms with Crippen LogP contribution in [0.5, 0.6) is 17.2 Å². The maximum Gasteiger partial charge on any atom is 0.335 e. The molecule has 1 aliphatic rings. The predicted molar refractivity (Wildman–Crippen MR) is 145 cm³/mol. The lowest BCUT2D eigenvalue weighted by atomic mass is 9.86. The van der Waals surface area contributed by atoms with Crippen LogP contribution in [0.15, 0.2) is 54.6 Å². The lowest BCUT2D eigenvalue weighted by Crippen LogP contribution is -2.41. The zero-order chi connectivity index (χ0) is 28.4. The molecule has 4 aromatic rings. The summed E-state index contributed by atoms with van der Waals surface area (Å²) in [6, 6.07) is 14.7. The molecule has 0 radical (unpaired) electrons. The molecule has 12 heteroatoms. The van der Waals surface area contributed by atoms with Gasteiger partial charge in [-0.2, -0.15) is 5.21 Å². The predicted octanol–water partition coefficient (Wildman–Crippen LogP) is 4.60. The molecule has 1 unspecified atom stereocenters. The first-order valence-electron chi connectivity index (χ1n) is 12.4. The molecule has 0 fully saturated rings.